The maximum Gasteiger partial charge on any atom is 0.269 e. The maximum absolute atomic E-state index is 10.9. The number of anilines is 1. The van der Waals surface area contributed by atoms with Gasteiger partial charge in [0.05, 0.1) is 4.92 Å². The molecule has 2 aromatic rings. The Balaban J connectivity index is 2.20. The largest absolute Gasteiger partial charge is 0.398 e. The molecule has 112 valence electrons. The molecule has 0 saturated heterocycles. The number of nitro groups is 1. The first-order valence-electron chi connectivity index (χ1n) is 6.76. The van der Waals surface area contributed by atoms with Crippen LogP contribution in [0.2, 0.25) is 0 Å². The number of non-ortho nitro benzene ring substituents is 1. The Bertz CT molecular complexity index is 611. The minimum Gasteiger partial charge on any atom is -0.398 e. The highest BCUT2D eigenvalue weighted by atomic mass is 32.1. The topological polar surface area (TPSA) is 72.4 Å². The lowest BCUT2D eigenvalue weighted by Crippen LogP contribution is -2.29. The fourth-order valence-corrected chi connectivity index (χ4v) is 2.81. The van der Waals surface area contributed by atoms with Gasteiger partial charge in [0.2, 0.25) is 0 Å². The van der Waals surface area contributed by atoms with E-state index in [0.717, 1.165) is 12.1 Å². The van der Waals surface area contributed by atoms with Crippen molar-refractivity contribution in [2.45, 2.75) is 33.0 Å². The van der Waals surface area contributed by atoms with Crippen molar-refractivity contribution < 1.29 is 4.92 Å². The van der Waals surface area contributed by atoms with Gasteiger partial charge in [-0.15, -0.1) is 11.3 Å². The standard InChI is InChI=1S/C15H19N3O2S/c1-11(2)17(10-14-4-3-7-21-14)9-12-8-13(18(19)20)5-6-15(12)16/h3-8,11H,9-10,16H2,1-2H3. The molecule has 2 rings (SSSR count). The van der Waals surface area contributed by atoms with E-state index < -0.39 is 0 Å². The summed E-state index contributed by atoms with van der Waals surface area (Å²) in [6, 6.07) is 9.07. The van der Waals surface area contributed by atoms with Crippen molar-refractivity contribution in [3.63, 3.8) is 0 Å². The number of benzene rings is 1. The Morgan fingerprint density at radius 2 is 2.10 bits per heavy atom. The third-order valence-electron chi connectivity index (χ3n) is 3.38. The smallest absolute Gasteiger partial charge is 0.269 e. The van der Waals surface area contributed by atoms with Crippen molar-refractivity contribution in [2.75, 3.05) is 5.73 Å². The van der Waals surface area contributed by atoms with Crippen molar-refractivity contribution in [3.05, 3.63) is 56.3 Å². The predicted octanol–water partition coefficient (Wildman–Crippen LogP) is 3.65. The highest BCUT2D eigenvalue weighted by Gasteiger charge is 2.15. The maximum atomic E-state index is 10.9. The molecule has 2 N–H and O–H groups in total. The zero-order chi connectivity index (χ0) is 15.4. The van der Waals surface area contributed by atoms with E-state index in [2.05, 4.69) is 30.2 Å². The minimum atomic E-state index is -0.387. The number of hydrogen-bond donors (Lipinski definition) is 1. The number of rotatable bonds is 6. The molecule has 0 saturated carbocycles. The van der Waals surface area contributed by atoms with Crippen LogP contribution in [0.15, 0.2) is 35.7 Å². The number of nitrogens with two attached hydrogens (primary N) is 1. The summed E-state index contributed by atoms with van der Waals surface area (Å²) < 4.78 is 0. The average molecular weight is 305 g/mol. The Morgan fingerprint density at radius 1 is 1.33 bits per heavy atom. The van der Waals surface area contributed by atoms with Crippen LogP contribution in [0.3, 0.4) is 0 Å². The zero-order valence-electron chi connectivity index (χ0n) is 12.2. The Morgan fingerprint density at radius 3 is 2.67 bits per heavy atom. The molecule has 0 aliphatic carbocycles. The summed E-state index contributed by atoms with van der Waals surface area (Å²) in [6.45, 7) is 5.64. The molecule has 0 aliphatic rings. The van der Waals surface area contributed by atoms with Crippen LogP contribution in [0.1, 0.15) is 24.3 Å². The average Bonchev–Trinajstić information content (AvgIpc) is 2.92. The van der Waals surface area contributed by atoms with E-state index in [-0.39, 0.29) is 10.6 Å². The second-order valence-electron chi connectivity index (χ2n) is 5.22. The number of thiophene rings is 1. The van der Waals surface area contributed by atoms with Crippen LogP contribution in [0.5, 0.6) is 0 Å². The molecule has 1 aromatic heterocycles. The van der Waals surface area contributed by atoms with Gasteiger partial charge in [0.15, 0.2) is 0 Å². The van der Waals surface area contributed by atoms with E-state index in [1.807, 2.05) is 6.07 Å². The molecule has 0 radical (unpaired) electrons. The normalized spacial score (nSPS) is 11.2. The lowest BCUT2D eigenvalue weighted by molar-refractivity contribution is -0.384. The van der Waals surface area contributed by atoms with Crippen LogP contribution in [-0.4, -0.2) is 15.9 Å². The highest BCUT2D eigenvalue weighted by molar-refractivity contribution is 7.09. The van der Waals surface area contributed by atoms with Crippen LogP contribution < -0.4 is 5.73 Å². The van der Waals surface area contributed by atoms with E-state index in [1.165, 1.54) is 10.9 Å². The van der Waals surface area contributed by atoms with Gasteiger partial charge in [0.1, 0.15) is 0 Å². The van der Waals surface area contributed by atoms with Crippen molar-refractivity contribution in [1.82, 2.24) is 4.90 Å². The van der Waals surface area contributed by atoms with Crippen LogP contribution >= 0.6 is 11.3 Å². The highest BCUT2D eigenvalue weighted by Crippen LogP contribution is 2.23. The fourth-order valence-electron chi connectivity index (χ4n) is 2.09. The molecule has 0 fully saturated rings. The van der Waals surface area contributed by atoms with Gasteiger partial charge in [-0.05, 0) is 36.9 Å². The van der Waals surface area contributed by atoms with Crippen LogP contribution in [-0.2, 0) is 13.1 Å². The molecule has 1 heterocycles. The molecule has 0 unspecified atom stereocenters. The molecule has 5 nitrogen and oxygen atoms in total. The van der Waals surface area contributed by atoms with E-state index >= 15 is 0 Å². The van der Waals surface area contributed by atoms with Gasteiger partial charge >= 0.3 is 0 Å². The van der Waals surface area contributed by atoms with Gasteiger partial charge in [-0.25, -0.2) is 0 Å². The predicted molar refractivity (Wildman–Crippen MR) is 86.2 cm³/mol. The summed E-state index contributed by atoms with van der Waals surface area (Å²) in [5.74, 6) is 0. The van der Waals surface area contributed by atoms with Crippen molar-refractivity contribution in [1.29, 1.82) is 0 Å². The van der Waals surface area contributed by atoms with E-state index in [9.17, 15) is 10.1 Å². The summed E-state index contributed by atoms with van der Waals surface area (Å²) in [6.07, 6.45) is 0. The molecule has 0 atom stereocenters. The van der Waals surface area contributed by atoms with E-state index in [1.54, 1.807) is 23.5 Å². The van der Waals surface area contributed by atoms with Gasteiger partial charge in [-0.2, -0.15) is 0 Å². The lowest BCUT2D eigenvalue weighted by Gasteiger charge is -2.26. The minimum absolute atomic E-state index is 0.0824. The Hall–Kier alpha value is -1.92. The van der Waals surface area contributed by atoms with E-state index in [4.69, 9.17) is 5.73 Å². The molecule has 21 heavy (non-hydrogen) atoms. The van der Waals surface area contributed by atoms with Gasteiger partial charge in [0, 0.05) is 41.8 Å². The molecular formula is C15H19N3O2S. The Kier molecular flexibility index (Phi) is 4.93. The number of nitrogens with zero attached hydrogens (tertiary/aromatic N) is 2. The van der Waals surface area contributed by atoms with Gasteiger partial charge in [-0.1, -0.05) is 6.07 Å². The lowest BCUT2D eigenvalue weighted by atomic mass is 10.1. The Labute approximate surface area is 128 Å². The SMILES string of the molecule is CC(C)N(Cc1cccs1)Cc1cc([N+](=O)[O-])ccc1N. The van der Waals surface area contributed by atoms with E-state index in [0.29, 0.717) is 18.3 Å². The summed E-state index contributed by atoms with van der Waals surface area (Å²) in [7, 11) is 0. The van der Waals surface area contributed by atoms with Crippen molar-refractivity contribution in [2.24, 2.45) is 0 Å². The summed E-state index contributed by atoms with van der Waals surface area (Å²) in [5, 5.41) is 12.9. The second-order valence-corrected chi connectivity index (χ2v) is 6.25. The second kappa shape index (κ2) is 6.69. The quantitative estimate of drug-likeness (QED) is 0.502. The third-order valence-corrected chi connectivity index (χ3v) is 4.24. The number of nitrogen functional groups attached to an aromatic ring is 1. The molecule has 0 spiro atoms. The molecule has 0 bridgehead atoms. The molecule has 0 aliphatic heterocycles. The zero-order valence-corrected chi connectivity index (χ0v) is 13.0. The summed E-state index contributed by atoms with van der Waals surface area (Å²) in [4.78, 5) is 14.0. The van der Waals surface area contributed by atoms with Gasteiger partial charge < -0.3 is 5.73 Å². The molecule has 6 heteroatoms. The third kappa shape index (κ3) is 4.03. The van der Waals surface area contributed by atoms with Gasteiger partial charge in [-0.3, -0.25) is 15.0 Å². The van der Waals surface area contributed by atoms with Crippen LogP contribution in [0.25, 0.3) is 0 Å². The van der Waals surface area contributed by atoms with Crippen molar-refractivity contribution >= 4 is 22.7 Å². The summed E-state index contributed by atoms with van der Waals surface area (Å²) in [5.41, 5.74) is 7.44. The molecular weight excluding hydrogens is 286 g/mol. The van der Waals surface area contributed by atoms with Crippen LogP contribution in [0, 0.1) is 10.1 Å². The monoisotopic (exact) mass is 305 g/mol. The number of hydrogen-bond acceptors (Lipinski definition) is 5. The van der Waals surface area contributed by atoms with Gasteiger partial charge in [0.25, 0.3) is 5.69 Å². The summed E-state index contributed by atoms with van der Waals surface area (Å²) >= 11 is 1.71. The van der Waals surface area contributed by atoms with Crippen molar-refractivity contribution in [3.8, 4) is 0 Å². The van der Waals surface area contributed by atoms with Crippen LogP contribution in [0.4, 0.5) is 11.4 Å². The molecule has 1 aromatic carbocycles. The number of nitro benzene ring substituents is 1. The first-order valence-corrected chi connectivity index (χ1v) is 7.64. The first-order chi connectivity index (χ1) is 9.97. The fraction of sp³-hybridized carbons (Fsp3) is 0.333. The first kappa shape index (κ1) is 15.5. The molecule has 0 amide bonds.